The van der Waals surface area contributed by atoms with Crippen LogP contribution in [0.2, 0.25) is 0 Å². The molecule has 2 rings (SSSR count). The van der Waals surface area contributed by atoms with Gasteiger partial charge in [0.2, 0.25) is 0 Å². The number of likely N-dealkylation sites (N-methyl/N-ethyl adjacent to an activating group) is 1. The molecule has 0 saturated carbocycles. The van der Waals surface area contributed by atoms with Crippen LogP contribution < -0.4 is 0 Å². The van der Waals surface area contributed by atoms with Crippen molar-refractivity contribution in [2.75, 3.05) is 39.0 Å². The van der Waals surface area contributed by atoms with Crippen molar-refractivity contribution in [1.82, 2.24) is 9.80 Å². The Hall–Kier alpha value is -0.910. The zero-order valence-corrected chi connectivity index (χ0v) is 13.4. The molecule has 0 unspecified atom stereocenters. The minimum atomic E-state index is -3.19. The summed E-state index contributed by atoms with van der Waals surface area (Å²) in [5.74, 6) is 0.194. The molecule has 1 fully saturated rings. The van der Waals surface area contributed by atoms with Gasteiger partial charge >= 0.3 is 0 Å². The molecule has 1 atom stereocenters. The number of hydrogen-bond acceptors (Lipinski definition) is 4. The van der Waals surface area contributed by atoms with E-state index < -0.39 is 9.84 Å². The zero-order valence-electron chi connectivity index (χ0n) is 12.5. The Morgan fingerprint density at radius 1 is 1.10 bits per heavy atom. The lowest BCUT2D eigenvalue weighted by Crippen LogP contribution is -2.49. The number of hydrogen-bond donors (Lipinski definition) is 0. The van der Waals surface area contributed by atoms with E-state index in [1.165, 1.54) is 0 Å². The predicted molar refractivity (Wildman–Crippen MR) is 81.8 cm³/mol. The highest BCUT2D eigenvalue weighted by molar-refractivity contribution is 7.91. The maximum atomic E-state index is 12.4. The van der Waals surface area contributed by atoms with E-state index in [4.69, 9.17) is 0 Å². The topological polar surface area (TPSA) is 40.6 Å². The molecular weight excluding hydrogens is 272 g/mol. The highest BCUT2D eigenvalue weighted by atomic mass is 32.2. The Bertz CT molecular complexity index is 531. The van der Waals surface area contributed by atoms with Crippen LogP contribution in [0.4, 0.5) is 0 Å². The summed E-state index contributed by atoms with van der Waals surface area (Å²) in [6, 6.07) is 7.19. The number of nitrogens with zero attached hydrogens (tertiary/aromatic N) is 2. The van der Waals surface area contributed by atoms with Gasteiger partial charge in [-0.3, -0.25) is 4.90 Å². The van der Waals surface area contributed by atoms with Crippen molar-refractivity contribution in [3.05, 3.63) is 29.8 Å². The summed E-state index contributed by atoms with van der Waals surface area (Å²) in [6.45, 7) is 7.88. The molecule has 1 aliphatic rings. The van der Waals surface area contributed by atoms with E-state index in [2.05, 4.69) is 16.8 Å². The Kier molecular flexibility index (Phi) is 4.83. The molecule has 1 aliphatic heterocycles. The van der Waals surface area contributed by atoms with Gasteiger partial charge in [0, 0.05) is 32.2 Å². The third kappa shape index (κ3) is 3.81. The molecule has 0 N–H and O–H groups in total. The molecule has 4 nitrogen and oxygen atoms in total. The van der Waals surface area contributed by atoms with Gasteiger partial charge in [-0.2, -0.15) is 0 Å². The Labute approximate surface area is 122 Å². The van der Waals surface area contributed by atoms with Crippen molar-refractivity contribution in [1.29, 1.82) is 0 Å². The van der Waals surface area contributed by atoms with E-state index in [0.29, 0.717) is 4.90 Å². The fourth-order valence-electron chi connectivity index (χ4n) is 2.53. The predicted octanol–water partition coefficient (Wildman–Crippen LogP) is 1.40. The van der Waals surface area contributed by atoms with E-state index in [0.717, 1.165) is 31.7 Å². The van der Waals surface area contributed by atoms with Crippen LogP contribution in [0.1, 0.15) is 12.5 Å². The Morgan fingerprint density at radius 2 is 1.65 bits per heavy atom. The van der Waals surface area contributed by atoms with Gasteiger partial charge < -0.3 is 4.90 Å². The highest BCUT2D eigenvalue weighted by Gasteiger charge is 2.25. The van der Waals surface area contributed by atoms with Crippen LogP contribution in [-0.2, 0) is 9.84 Å². The van der Waals surface area contributed by atoms with Crippen molar-refractivity contribution < 1.29 is 8.42 Å². The second-order valence-electron chi connectivity index (χ2n) is 5.78. The highest BCUT2D eigenvalue weighted by Crippen LogP contribution is 2.15. The fraction of sp³-hybridized carbons (Fsp3) is 0.600. The van der Waals surface area contributed by atoms with E-state index in [-0.39, 0.29) is 11.8 Å². The van der Waals surface area contributed by atoms with Crippen molar-refractivity contribution in [2.24, 2.45) is 0 Å². The first-order valence-corrected chi connectivity index (χ1v) is 8.76. The molecule has 1 aromatic carbocycles. The standard InChI is InChI=1S/C15H24N2O2S/c1-13-4-6-15(7-5-13)20(18,19)12-14(2)17-10-8-16(3)9-11-17/h4-7,14H,8-12H2,1-3H3/t14-/m1/s1. The summed E-state index contributed by atoms with van der Waals surface area (Å²) in [6.07, 6.45) is 0. The normalized spacial score (nSPS) is 19.9. The summed E-state index contributed by atoms with van der Waals surface area (Å²) >= 11 is 0. The van der Waals surface area contributed by atoms with Gasteiger partial charge in [0.15, 0.2) is 9.84 Å². The van der Waals surface area contributed by atoms with E-state index in [9.17, 15) is 8.42 Å². The summed E-state index contributed by atoms with van der Waals surface area (Å²) in [5.41, 5.74) is 1.08. The van der Waals surface area contributed by atoms with Gasteiger partial charge in [0.25, 0.3) is 0 Å². The molecule has 0 bridgehead atoms. The molecule has 5 heteroatoms. The van der Waals surface area contributed by atoms with Crippen LogP contribution in [0.5, 0.6) is 0 Å². The van der Waals surface area contributed by atoms with E-state index in [1.807, 2.05) is 26.0 Å². The minimum Gasteiger partial charge on any atom is -0.304 e. The first-order chi connectivity index (χ1) is 9.38. The zero-order chi connectivity index (χ0) is 14.8. The van der Waals surface area contributed by atoms with Gasteiger partial charge in [-0.1, -0.05) is 17.7 Å². The van der Waals surface area contributed by atoms with Crippen LogP contribution in [0.3, 0.4) is 0 Å². The molecule has 0 radical (unpaired) electrons. The average molecular weight is 296 g/mol. The third-order valence-corrected chi connectivity index (χ3v) is 5.91. The van der Waals surface area contributed by atoms with Gasteiger partial charge in [-0.05, 0) is 33.0 Å². The number of aryl methyl sites for hydroxylation is 1. The molecule has 0 amide bonds. The van der Waals surface area contributed by atoms with Crippen molar-refractivity contribution in [2.45, 2.75) is 24.8 Å². The van der Waals surface area contributed by atoms with Crippen LogP contribution in [0, 0.1) is 6.92 Å². The SMILES string of the molecule is Cc1ccc(S(=O)(=O)C[C@@H](C)N2CCN(C)CC2)cc1. The van der Waals surface area contributed by atoms with Crippen molar-refractivity contribution in [3.8, 4) is 0 Å². The van der Waals surface area contributed by atoms with Crippen molar-refractivity contribution in [3.63, 3.8) is 0 Å². The Balaban J connectivity index is 2.02. The third-order valence-electron chi connectivity index (χ3n) is 4.00. The summed E-state index contributed by atoms with van der Waals surface area (Å²) in [7, 11) is -1.09. The number of benzene rings is 1. The second-order valence-corrected chi connectivity index (χ2v) is 7.82. The quantitative estimate of drug-likeness (QED) is 0.842. The largest absolute Gasteiger partial charge is 0.304 e. The van der Waals surface area contributed by atoms with E-state index in [1.54, 1.807) is 12.1 Å². The van der Waals surface area contributed by atoms with Gasteiger partial charge in [0.05, 0.1) is 10.6 Å². The molecule has 1 saturated heterocycles. The Morgan fingerprint density at radius 3 is 2.20 bits per heavy atom. The van der Waals surface area contributed by atoms with Gasteiger partial charge in [0.1, 0.15) is 0 Å². The lowest BCUT2D eigenvalue weighted by Gasteiger charge is -2.36. The summed E-state index contributed by atoms with van der Waals surface area (Å²) < 4.78 is 24.8. The molecular formula is C15H24N2O2S. The minimum absolute atomic E-state index is 0.0648. The number of piperazine rings is 1. The van der Waals surface area contributed by atoms with Gasteiger partial charge in [-0.25, -0.2) is 8.42 Å². The number of sulfone groups is 1. The lowest BCUT2D eigenvalue weighted by molar-refractivity contribution is 0.127. The molecule has 0 aromatic heterocycles. The molecule has 0 aliphatic carbocycles. The van der Waals surface area contributed by atoms with E-state index >= 15 is 0 Å². The lowest BCUT2D eigenvalue weighted by atomic mass is 10.2. The molecule has 1 heterocycles. The monoisotopic (exact) mass is 296 g/mol. The first-order valence-electron chi connectivity index (χ1n) is 7.10. The maximum Gasteiger partial charge on any atom is 0.179 e. The smallest absolute Gasteiger partial charge is 0.179 e. The molecule has 112 valence electrons. The number of rotatable bonds is 4. The second kappa shape index (κ2) is 6.24. The summed E-state index contributed by atoms with van der Waals surface area (Å²) in [5, 5.41) is 0. The molecule has 20 heavy (non-hydrogen) atoms. The van der Waals surface area contributed by atoms with Crippen LogP contribution in [0.25, 0.3) is 0 Å². The average Bonchev–Trinajstić information content (AvgIpc) is 2.39. The molecule has 0 spiro atoms. The van der Waals surface area contributed by atoms with Crippen molar-refractivity contribution >= 4 is 9.84 Å². The van der Waals surface area contributed by atoms with Crippen LogP contribution in [-0.4, -0.2) is 63.2 Å². The van der Waals surface area contributed by atoms with Crippen LogP contribution in [0.15, 0.2) is 29.2 Å². The fourth-order valence-corrected chi connectivity index (χ4v) is 4.12. The van der Waals surface area contributed by atoms with Gasteiger partial charge in [-0.15, -0.1) is 0 Å². The summed E-state index contributed by atoms with van der Waals surface area (Å²) in [4.78, 5) is 4.98. The first kappa shape index (κ1) is 15.5. The van der Waals surface area contributed by atoms with Crippen LogP contribution >= 0.6 is 0 Å². The maximum absolute atomic E-state index is 12.4. The molecule has 1 aromatic rings.